The van der Waals surface area contributed by atoms with Crippen molar-refractivity contribution in [1.82, 2.24) is 5.32 Å². The molecule has 1 aliphatic carbocycles. The van der Waals surface area contributed by atoms with E-state index in [0.717, 1.165) is 30.3 Å². The van der Waals surface area contributed by atoms with E-state index in [1.807, 2.05) is 6.07 Å². The highest BCUT2D eigenvalue weighted by Crippen LogP contribution is 2.40. The van der Waals surface area contributed by atoms with Gasteiger partial charge < -0.3 is 10.2 Å². The summed E-state index contributed by atoms with van der Waals surface area (Å²) in [6.07, 6.45) is 6.41. The van der Waals surface area contributed by atoms with Crippen molar-refractivity contribution in [2.24, 2.45) is 5.92 Å². The van der Waals surface area contributed by atoms with Crippen LogP contribution in [0.2, 0.25) is 0 Å². The molecule has 21 heavy (non-hydrogen) atoms. The molecule has 1 saturated carbocycles. The second kappa shape index (κ2) is 6.35. The van der Waals surface area contributed by atoms with Gasteiger partial charge in [0.2, 0.25) is 0 Å². The summed E-state index contributed by atoms with van der Waals surface area (Å²) in [5.74, 6) is 0.739. The van der Waals surface area contributed by atoms with Gasteiger partial charge in [0.25, 0.3) is 0 Å². The van der Waals surface area contributed by atoms with Gasteiger partial charge in [-0.2, -0.15) is 0 Å². The van der Waals surface area contributed by atoms with E-state index in [-0.39, 0.29) is 11.9 Å². The van der Waals surface area contributed by atoms with E-state index in [1.165, 1.54) is 32.1 Å². The number of benzene rings is 1. The van der Waals surface area contributed by atoms with Crippen molar-refractivity contribution in [2.45, 2.75) is 58.0 Å². The molecule has 2 fully saturated rings. The van der Waals surface area contributed by atoms with Gasteiger partial charge in [-0.3, -0.25) is 0 Å². The molecule has 0 amide bonds. The minimum Gasteiger partial charge on any atom is -0.366 e. The molecule has 0 aromatic heterocycles. The van der Waals surface area contributed by atoms with Crippen LogP contribution in [0.5, 0.6) is 0 Å². The Hall–Kier alpha value is -1.09. The fourth-order valence-electron chi connectivity index (χ4n) is 4.20. The first-order valence-corrected chi connectivity index (χ1v) is 8.50. The average molecular weight is 290 g/mol. The molecule has 116 valence electrons. The fraction of sp³-hybridized carbons (Fsp3) is 0.667. The van der Waals surface area contributed by atoms with Gasteiger partial charge in [0, 0.05) is 18.6 Å². The van der Waals surface area contributed by atoms with Crippen LogP contribution in [-0.4, -0.2) is 19.1 Å². The smallest absolute Gasteiger partial charge is 0.146 e. The standard InChI is InChI=1S/C18H27FN2/c1-3-20-13(2)15-9-10-18(16(19)12-15)21-11-5-7-14-6-4-8-17(14)21/h9-10,12-14,17,20H,3-8,11H2,1-2H3. The van der Waals surface area contributed by atoms with Crippen molar-refractivity contribution in [2.75, 3.05) is 18.0 Å². The first kappa shape index (κ1) is 14.8. The van der Waals surface area contributed by atoms with Crippen LogP contribution in [0, 0.1) is 11.7 Å². The first-order chi connectivity index (χ1) is 10.2. The number of fused-ring (bicyclic) bond motifs is 1. The normalized spacial score (nSPS) is 26.7. The van der Waals surface area contributed by atoms with Crippen molar-refractivity contribution >= 4 is 5.69 Å². The summed E-state index contributed by atoms with van der Waals surface area (Å²) in [5, 5.41) is 3.34. The lowest BCUT2D eigenvalue weighted by Crippen LogP contribution is -2.43. The SMILES string of the molecule is CCNC(C)c1ccc(N2CCCC3CCCC32)c(F)c1. The molecule has 3 heteroatoms. The lowest BCUT2D eigenvalue weighted by atomic mass is 9.91. The van der Waals surface area contributed by atoms with Crippen molar-refractivity contribution in [3.63, 3.8) is 0 Å². The molecule has 0 spiro atoms. The van der Waals surface area contributed by atoms with Crippen LogP contribution in [-0.2, 0) is 0 Å². The number of rotatable bonds is 4. The summed E-state index contributed by atoms with van der Waals surface area (Å²) >= 11 is 0. The minimum atomic E-state index is -0.0511. The molecule has 1 aromatic carbocycles. The van der Waals surface area contributed by atoms with Crippen LogP contribution in [0.25, 0.3) is 0 Å². The summed E-state index contributed by atoms with van der Waals surface area (Å²) in [6, 6.07) is 6.59. The molecule has 1 aliphatic heterocycles. The Kier molecular flexibility index (Phi) is 4.48. The molecule has 2 nitrogen and oxygen atoms in total. The topological polar surface area (TPSA) is 15.3 Å². The van der Waals surface area contributed by atoms with Gasteiger partial charge in [-0.25, -0.2) is 4.39 Å². The zero-order chi connectivity index (χ0) is 14.8. The molecule has 0 radical (unpaired) electrons. The molecular weight excluding hydrogens is 263 g/mol. The lowest BCUT2D eigenvalue weighted by molar-refractivity contribution is 0.359. The van der Waals surface area contributed by atoms with E-state index < -0.39 is 0 Å². The average Bonchev–Trinajstić information content (AvgIpc) is 2.96. The second-order valence-electron chi connectivity index (χ2n) is 6.58. The molecule has 1 aromatic rings. The Morgan fingerprint density at radius 2 is 2.10 bits per heavy atom. The van der Waals surface area contributed by atoms with Crippen LogP contribution in [0.1, 0.15) is 57.6 Å². The summed E-state index contributed by atoms with van der Waals surface area (Å²) in [5.41, 5.74) is 1.86. The highest BCUT2D eigenvalue weighted by atomic mass is 19.1. The van der Waals surface area contributed by atoms with E-state index in [4.69, 9.17) is 0 Å². The number of hydrogen-bond acceptors (Lipinski definition) is 2. The molecule has 3 unspecified atom stereocenters. The van der Waals surface area contributed by atoms with E-state index in [1.54, 1.807) is 6.07 Å². The Labute approximate surface area is 127 Å². The Morgan fingerprint density at radius 1 is 1.29 bits per heavy atom. The van der Waals surface area contributed by atoms with Gasteiger partial charge in [-0.1, -0.05) is 19.4 Å². The fourth-order valence-corrected chi connectivity index (χ4v) is 4.20. The third-order valence-electron chi connectivity index (χ3n) is 5.28. The monoisotopic (exact) mass is 290 g/mol. The van der Waals surface area contributed by atoms with Gasteiger partial charge >= 0.3 is 0 Å². The summed E-state index contributed by atoms with van der Waals surface area (Å²) in [6.45, 7) is 6.08. The molecule has 1 heterocycles. The minimum absolute atomic E-state index is 0.0511. The maximum atomic E-state index is 14.6. The van der Waals surface area contributed by atoms with E-state index in [9.17, 15) is 4.39 Å². The molecule has 2 aliphatic rings. The van der Waals surface area contributed by atoms with Crippen LogP contribution < -0.4 is 10.2 Å². The van der Waals surface area contributed by atoms with Crippen LogP contribution in [0.3, 0.4) is 0 Å². The number of piperidine rings is 1. The number of hydrogen-bond donors (Lipinski definition) is 1. The maximum absolute atomic E-state index is 14.6. The van der Waals surface area contributed by atoms with E-state index in [2.05, 4.69) is 30.1 Å². The predicted octanol–water partition coefficient (Wildman–Crippen LogP) is 4.27. The quantitative estimate of drug-likeness (QED) is 0.891. The van der Waals surface area contributed by atoms with Gasteiger partial charge in [-0.05, 0) is 62.8 Å². The largest absolute Gasteiger partial charge is 0.366 e. The predicted molar refractivity (Wildman–Crippen MR) is 86.2 cm³/mol. The Morgan fingerprint density at radius 3 is 2.86 bits per heavy atom. The molecule has 0 bridgehead atoms. The number of anilines is 1. The van der Waals surface area contributed by atoms with Gasteiger partial charge in [0.05, 0.1) is 5.69 Å². The van der Waals surface area contributed by atoms with Crippen molar-refractivity contribution < 1.29 is 4.39 Å². The molecule has 3 atom stereocenters. The third-order valence-corrected chi connectivity index (χ3v) is 5.28. The van der Waals surface area contributed by atoms with Crippen molar-refractivity contribution in [1.29, 1.82) is 0 Å². The Bertz CT molecular complexity index is 488. The van der Waals surface area contributed by atoms with Gasteiger partial charge in [0.15, 0.2) is 0 Å². The number of halogens is 1. The highest BCUT2D eigenvalue weighted by Gasteiger charge is 2.35. The van der Waals surface area contributed by atoms with Gasteiger partial charge in [-0.15, -0.1) is 0 Å². The summed E-state index contributed by atoms with van der Waals surface area (Å²) in [7, 11) is 0. The second-order valence-corrected chi connectivity index (χ2v) is 6.58. The van der Waals surface area contributed by atoms with Crippen molar-refractivity contribution in [3.8, 4) is 0 Å². The van der Waals surface area contributed by atoms with Crippen LogP contribution >= 0.6 is 0 Å². The van der Waals surface area contributed by atoms with Crippen molar-refractivity contribution in [3.05, 3.63) is 29.6 Å². The molecule has 3 rings (SSSR count). The Balaban J connectivity index is 1.82. The zero-order valence-corrected chi connectivity index (χ0v) is 13.2. The van der Waals surface area contributed by atoms with Crippen LogP contribution in [0.4, 0.5) is 10.1 Å². The summed E-state index contributed by atoms with van der Waals surface area (Å²) < 4.78 is 14.6. The number of nitrogens with zero attached hydrogens (tertiary/aromatic N) is 1. The van der Waals surface area contributed by atoms with Crippen LogP contribution in [0.15, 0.2) is 18.2 Å². The number of nitrogens with one attached hydrogen (secondary N) is 1. The maximum Gasteiger partial charge on any atom is 0.146 e. The lowest BCUT2D eigenvalue weighted by Gasteiger charge is -2.39. The molecule has 1 N–H and O–H groups in total. The highest BCUT2D eigenvalue weighted by molar-refractivity contribution is 5.51. The van der Waals surface area contributed by atoms with Gasteiger partial charge in [0.1, 0.15) is 5.82 Å². The van der Waals surface area contributed by atoms with E-state index in [0.29, 0.717) is 6.04 Å². The first-order valence-electron chi connectivity index (χ1n) is 8.50. The third kappa shape index (κ3) is 2.94. The molecular formula is C18H27FN2. The molecule has 1 saturated heterocycles. The van der Waals surface area contributed by atoms with E-state index >= 15 is 0 Å². The summed E-state index contributed by atoms with van der Waals surface area (Å²) in [4.78, 5) is 2.35. The zero-order valence-electron chi connectivity index (χ0n) is 13.2.